The van der Waals surface area contributed by atoms with Crippen molar-refractivity contribution in [1.29, 1.82) is 0 Å². The van der Waals surface area contributed by atoms with E-state index in [-0.39, 0.29) is 41.2 Å². The molecule has 4 aromatic rings. The molecule has 0 aliphatic carbocycles. The fourth-order valence-corrected chi connectivity index (χ4v) is 4.73. The Morgan fingerprint density at radius 2 is 2.19 bits per heavy atom. The van der Waals surface area contributed by atoms with Crippen LogP contribution in [0.15, 0.2) is 30.5 Å². The number of ether oxygens (including phenoxy) is 2. The summed E-state index contributed by atoms with van der Waals surface area (Å²) in [5.41, 5.74) is 1.46. The van der Waals surface area contributed by atoms with Crippen LogP contribution < -0.4 is 15.4 Å². The number of aromatic nitrogens is 3. The molecule has 0 radical (unpaired) electrons. The number of hydrogen-bond acceptors (Lipinski definition) is 8. The zero-order chi connectivity index (χ0) is 24.0. The molecule has 1 aliphatic heterocycles. The Balaban J connectivity index is 1.57. The van der Waals surface area contributed by atoms with Crippen molar-refractivity contribution < 1.29 is 17.0 Å². The molecule has 4 heterocycles. The summed E-state index contributed by atoms with van der Waals surface area (Å²) in [5, 5.41) is 8.09. The molecule has 164 valence electrons. The van der Waals surface area contributed by atoms with Crippen molar-refractivity contribution in [3.63, 3.8) is 0 Å². The first kappa shape index (κ1) is 18.6. The van der Waals surface area contributed by atoms with Gasteiger partial charge < -0.3 is 20.1 Å². The number of nitrogens with zero attached hydrogens (tertiary/aromatic N) is 3. The van der Waals surface area contributed by atoms with E-state index in [1.807, 2.05) is 25.1 Å². The molecule has 0 spiro atoms. The zero-order valence-corrected chi connectivity index (χ0v) is 18.8. The van der Waals surface area contributed by atoms with Gasteiger partial charge in [0.05, 0.1) is 26.1 Å². The average molecular weight is 472 g/mol. The molecule has 2 N–H and O–H groups in total. The lowest BCUT2D eigenvalue weighted by molar-refractivity contribution is 0.0949. The van der Waals surface area contributed by atoms with Crippen molar-refractivity contribution in [2.75, 3.05) is 18.5 Å². The van der Waals surface area contributed by atoms with E-state index in [0.29, 0.717) is 16.9 Å². The molecule has 5 rings (SSSR count). The van der Waals surface area contributed by atoms with Crippen LogP contribution in [-0.4, -0.2) is 40.1 Å². The normalized spacial score (nSPS) is 17.2. The van der Waals surface area contributed by atoms with Crippen LogP contribution in [0.2, 0.25) is 5.28 Å². The lowest BCUT2D eigenvalue weighted by Crippen LogP contribution is -2.34. The lowest BCUT2D eigenvalue weighted by atomic mass is 10.1. The number of benzene rings is 1. The van der Waals surface area contributed by atoms with Gasteiger partial charge in [0.2, 0.25) is 17.0 Å². The van der Waals surface area contributed by atoms with Gasteiger partial charge in [0.15, 0.2) is 0 Å². The number of amides is 1. The first-order valence-corrected chi connectivity index (χ1v) is 11.2. The molecule has 0 fully saturated rings. The summed E-state index contributed by atoms with van der Waals surface area (Å²) in [6.07, 6.45) is 1.24. The van der Waals surface area contributed by atoms with Crippen LogP contribution in [0.4, 0.5) is 5.69 Å². The second-order valence-electron chi connectivity index (χ2n) is 7.21. The van der Waals surface area contributed by atoms with Gasteiger partial charge in [-0.15, -0.1) is 11.3 Å². The van der Waals surface area contributed by atoms with Crippen molar-refractivity contribution in [3.8, 4) is 11.8 Å². The molecule has 1 amide bonds. The summed E-state index contributed by atoms with van der Waals surface area (Å²) in [6.45, 7) is 2.23. The van der Waals surface area contributed by atoms with Crippen molar-refractivity contribution >= 4 is 55.5 Å². The molecule has 3 aromatic heterocycles. The number of hydrogen-bond donors (Lipinski definition) is 2. The molecular weight excluding hydrogens is 450 g/mol. The molecule has 0 saturated heterocycles. The Labute approximate surface area is 195 Å². The van der Waals surface area contributed by atoms with Crippen molar-refractivity contribution in [3.05, 3.63) is 46.2 Å². The fourth-order valence-electron chi connectivity index (χ4n) is 3.51. The van der Waals surface area contributed by atoms with E-state index in [0.717, 1.165) is 21.2 Å². The number of anilines is 1. The van der Waals surface area contributed by atoms with Gasteiger partial charge in [0.1, 0.15) is 4.88 Å². The third-order valence-corrected chi connectivity index (χ3v) is 6.25. The van der Waals surface area contributed by atoms with Gasteiger partial charge in [-0.2, -0.15) is 4.98 Å². The summed E-state index contributed by atoms with van der Waals surface area (Å²) in [6, 6.07) is 7.32. The molecule has 1 aromatic carbocycles. The first-order chi connectivity index (χ1) is 16.3. The Morgan fingerprint density at radius 3 is 3.03 bits per heavy atom. The molecule has 10 heteroatoms. The molecule has 0 bridgehead atoms. The van der Waals surface area contributed by atoms with Crippen LogP contribution in [0.3, 0.4) is 0 Å². The Bertz CT molecular complexity index is 1430. The van der Waals surface area contributed by atoms with Gasteiger partial charge in [-0.3, -0.25) is 4.79 Å². The number of pyridine rings is 1. The number of rotatable bonds is 5. The van der Waals surface area contributed by atoms with Gasteiger partial charge in [-0.1, -0.05) is 0 Å². The van der Waals surface area contributed by atoms with Crippen LogP contribution in [0.5, 0.6) is 11.8 Å². The highest BCUT2D eigenvalue weighted by Gasteiger charge is 2.24. The van der Waals surface area contributed by atoms with Gasteiger partial charge >= 0.3 is 0 Å². The highest BCUT2D eigenvalue weighted by molar-refractivity contribution is 7.21. The van der Waals surface area contributed by atoms with Crippen LogP contribution in [0, 0.1) is 0 Å². The van der Waals surface area contributed by atoms with Crippen LogP contribution >= 0.6 is 22.9 Å². The first-order valence-electron chi connectivity index (χ1n) is 11.0. The number of halogens is 1. The molecule has 1 aliphatic rings. The number of carbonyl (C=O) groups is 1. The summed E-state index contributed by atoms with van der Waals surface area (Å²) >= 11 is 7.37. The number of nitrogens with one attached hydrogen (secondary N) is 2. The maximum atomic E-state index is 12.6. The van der Waals surface area contributed by atoms with Gasteiger partial charge in [0, 0.05) is 46.9 Å². The minimum Gasteiger partial charge on any atom is -0.420 e. The molecule has 0 saturated carbocycles. The highest BCUT2D eigenvalue weighted by atomic mass is 35.5. The predicted molar refractivity (Wildman–Crippen MR) is 125 cm³/mol. The minimum absolute atomic E-state index is 0.00332. The molecule has 0 unspecified atom stereocenters. The third kappa shape index (κ3) is 3.83. The second kappa shape index (κ2) is 8.50. The van der Waals surface area contributed by atoms with Crippen LogP contribution in [-0.2, 0) is 11.3 Å². The molecular formula is C22H20ClN5O3S. The maximum Gasteiger partial charge on any atom is 0.263 e. The van der Waals surface area contributed by atoms with E-state index < -0.39 is 6.56 Å². The van der Waals surface area contributed by atoms with Crippen molar-refractivity contribution in [2.24, 2.45) is 0 Å². The Morgan fingerprint density at radius 1 is 1.31 bits per heavy atom. The number of thiophene rings is 1. The summed E-state index contributed by atoms with van der Waals surface area (Å²) in [4.78, 5) is 25.8. The fraction of sp³-hybridized carbons (Fsp3) is 0.273. The largest absolute Gasteiger partial charge is 0.420 e. The summed E-state index contributed by atoms with van der Waals surface area (Å²) < 4.78 is 28.3. The zero-order valence-electron chi connectivity index (χ0n) is 19.2. The third-order valence-electron chi connectivity index (χ3n) is 4.92. The molecule has 8 nitrogen and oxygen atoms in total. The second-order valence-corrected chi connectivity index (χ2v) is 8.60. The Hall–Kier alpha value is -3.01. The monoisotopic (exact) mass is 471 g/mol. The SMILES string of the molecule is [2H]C([2H])(OCC)c1cnc(Cl)nc1Oc1ccc2c(ccc3sc4c(c32)NC[C@@H](C)NC4=O)n1. The van der Waals surface area contributed by atoms with Gasteiger partial charge in [0.25, 0.3) is 5.91 Å². The number of fused-ring (bicyclic) bond motifs is 5. The van der Waals surface area contributed by atoms with Crippen molar-refractivity contribution in [1.82, 2.24) is 20.3 Å². The lowest BCUT2D eigenvalue weighted by Gasteiger charge is -2.11. The summed E-state index contributed by atoms with van der Waals surface area (Å²) in [7, 11) is 0. The highest BCUT2D eigenvalue weighted by Crippen LogP contribution is 2.41. The smallest absolute Gasteiger partial charge is 0.263 e. The quantitative estimate of drug-likeness (QED) is 0.404. The van der Waals surface area contributed by atoms with Gasteiger partial charge in [-0.25, -0.2) is 9.97 Å². The van der Waals surface area contributed by atoms with E-state index in [1.54, 1.807) is 13.0 Å². The Kier molecular flexibility index (Phi) is 4.93. The standard InChI is InChI=1S/C22H20ClN5O3S/c1-3-30-10-12-9-25-22(23)28-21(12)31-16-7-4-13-14(27-16)5-6-15-17(13)18-19(32-15)20(29)26-11(2)8-24-18/h4-7,9,11,24H,3,8,10H2,1-2H3,(H,26,29)/t11-/m1/s1/i10D2. The maximum absolute atomic E-state index is 12.6. The van der Waals surface area contributed by atoms with E-state index in [1.165, 1.54) is 17.5 Å². The van der Waals surface area contributed by atoms with Crippen LogP contribution in [0.25, 0.3) is 21.0 Å². The summed E-state index contributed by atoms with van der Waals surface area (Å²) in [5.74, 6) is 0.0328. The predicted octanol–water partition coefficient (Wildman–Crippen LogP) is 4.77. The molecule has 1 atom stereocenters. The van der Waals surface area contributed by atoms with E-state index in [4.69, 9.17) is 23.8 Å². The van der Waals surface area contributed by atoms with E-state index in [2.05, 4.69) is 25.6 Å². The van der Waals surface area contributed by atoms with Crippen LogP contribution in [0.1, 0.15) is 31.8 Å². The number of carbonyl (C=O) groups excluding carboxylic acids is 1. The van der Waals surface area contributed by atoms with Crippen molar-refractivity contribution in [2.45, 2.75) is 26.4 Å². The molecule has 32 heavy (non-hydrogen) atoms. The average Bonchev–Trinajstić information content (AvgIpc) is 3.10. The minimum atomic E-state index is -2.17. The van der Waals surface area contributed by atoms with E-state index >= 15 is 0 Å². The topological polar surface area (TPSA) is 98.3 Å². The van der Waals surface area contributed by atoms with Gasteiger partial charge in [-0.05, 0) is 43.6 Å². The van der Waals surface area contributed by atoms with E-state index in [9.17, 15) is 4.79 Å².